The zero-order valence-corrected chi connectivity index (χ0v) is 12.8. The van der Waals surface area contributed by atoms with Gasteiger partial charge in [0, 0.05) is 25.1 Å². The Morgan fingerprint density at radius 2 is 2.05 bits per heavy atom. The van der Waals surface area contributed by atoms with E-state index in [0.717, 1.165) is 0 Å². The molecule has 6 heteroatoms. The molecule has 1 fully saturated rings. The normalized spacial score (nSPS) is 14.7. The lowest BCUT2D eigenvalue weighted by Crippen LogP contribution is -2.41. The number of hydrogen-bond donors (Lipinski definition) is 1. The first-order valence-corrected chi connectivity index (χ1v) is 7.53. The number of anilines is 1. The molecule has 1 amide bonds. The zero-order chi connectivity index (χ0) is 15.9. The van der Waals surface area contributed by atoms with Crippen molar-refractivity contribution >= 4 is 17.4 Å². The van der Waals surface area contributed by atoms with Crippen LogP contribution in [0.3, 0.4) is 0 Å². The van der Waals surface area contributed by atoms with E-state index in [-0.39, 0.29) is 18.3 Å². The molecule has 0 saturated carbocycles. The van der Waals surface area contributed by atoms with E-state index in [0.29, 0.717) is 56.1 Å². The number of ether oxygens (including phenoxy) is 2. The van der Waals surface area contributed by atoms with E-state index in [1.54, 1.807) is 30.0 Å². The monoisotopic (exact) mass is 306 g/mol. The number of carbonyl (C=O) groups excluding carboxylic acids is 2. The zero-order valence-electron chi connectivity index (χ0n) is 12.8. The average Bonchev–Trinajstić information content (AvgIpc) is 2.56. The molecule has 0 radical (unpaired) electrons. The molecule has 2 rings (SSSR count). The maximum absolute atomic E-state index is 12.0. The number of ketones is 1. The fraction of sp³-hybridized carbons (Fsp3) is 0.500. The number of rotatable bonds is 6. The highest BCUT2D eigenvalue weighted by Crippen LogP contribution is 2.23. The van der Waals surface area contributed by atoms with Crippen molar-refractivity contribution in [3.8, 4) is 5.75 Å². The van der Waals surface area contributed by atoms with Crippen molar-refractivity contribution in [3.05, 3.63) is 23.8 Å². The molecule has 0 unspecified atom stereocenters. The second-order valence-electron chi connectivity index (χ2n) is 5.12. The van der Waals surface area contributed by atoms with Crippen molar-refractivity contribution in [2.45, 2.75) is 19.8 Å². The molecule has 120 valence electrons. The van der Waals surface area contributed by atoms with Gasteiger partial charge in [0.2, 0.25) is 5.91 Å². The number of benzene rings is 1. The Hall–Kier alpha value is -2.08. The van der Waals surface area contributed by atoms with Crippen LogP contribution in [0.1, 0.15) is 30.1 Å². The van der Waals surface area contributed by atoms with Crippen LogP contribution in [-0.4, -0.2) is 49.5 Å². The molecule has 1 aromatic rings. The van der Waals surface area contributed by atoms with E-state index >= 15 is 0 Å². The maximum atomic E-state index is 12.0. The molecule has 0 atom stereocenters. The second kappa shape index (κ2) is 7.79. The molecule has 6 nitrogen and oxygen atoms in total. The summed E-state index contributed by atoms with van der Waals surface area (Å²) in [5, 5.41) is 0. The van der Waals surface area contributed by atoms with E-state index in [1.165, 1.54) is 0 Å². The number of morpholine rings is 1. The lowest BCUT2D eigenvalue weighted by atomic mass is 10.1. The fourth-order valence-electron chi connectivity index (χ4n) is 2.28. The fourth-order valence-corrected chi connectivity index (χ4v) is 2.28. The predicted octanol–water partition coefficient (Wildman–Crippen LogP) is 1.49. The molecule has 1 aliphatic heterocycles. The molecule has 0 spiro atoms. The topological polar surface area (TPSA) is 81.9 Å². The molecule has 2 N–H and O–H groups in total. The molecule has 22 heavy (non-hydrogen) atoms. The van der Waals surface area contributed by atoms with Crippen molar-refractivity contribution in [1.82, 2.24) is 4.90 Å². The lowest BCUT2D eigenvalue weighted by molar-refractivity contribution is -0.135. The lowest BCUT2D eigenvalue weighted by Gasteiger charge is -2.26. The van der Waals surface area contributed by atoms with Crippen LogP contribution in [0.15, 0.2) is 18.2 Å². The third-order valence-electron chi connectivity index (χ3n) is 3.59. The van der Waals surface area contributed by atoms with Crippen LogP contribution < -0.4 is 10.5 Å². The van der Waals surface area contributed by atoms with Gasteiger partial charge in [0.05, 0.1) is 31.9 Å². The van der Waals surface area contributed by atoms with E-state index in [9.17, 15) is 9.59 Å². The van der Waals surface area contributed by atoms with Crippen LogP contribution >= 0.6 is 0 Å². The number of nitrogens with two attached hydrogens (primary N) is 1. The highest BCUT2D eigenvalue weighted by molar-refractivity contribution is 5.97. The van der Waals surface area contributed by atoms with E-state index in [1.807, 2.05) is 0 Å². The Balaban J connectivity index is 1.83. The molecule has 1 aromatic carbocycles. The number of nitrogen functional groups attached to an aromatic ring is 1. The van der Waals surface area contributed by atoms with Crippen molar-refractivity contribution in [2.75, 3.05) is 38.6 Å². The standard InChI is InChI=1S/C16H22N2O4/c1-2-14(19)12-3-4-15(13(17)11-12)22-8-5-16(20)18-6-9-21-10-7-18/h3-4,11H,2,5-10,17H2,1H3. The van der Waals surface area contributed by atoms with E-state index < -0.39 is 0 Å². The maximum Gasteiger partial charge on any atom is 0.226 e. The van der Waals surface area contributed by atoms with Gasteiger partial charge >= 0.3 is 0 Å². The molecule has 1 aliphatic rings. The summed E-state index contributed by atoms with van der Waals surface area (Å²) in [5.74, 6) is 0.600. The summed E-state index contributed by atoms with van der Waals surface area (Å²) in [6.07, 6.45) is 0.739. The van der Waals surface area contributed by atoms with Crippen LogP contribution in [0.25, 0.3) is 0 Å². The number of amides is 1. The quantitative estimate of drug-likeness (QED) is 0.636. The highest BCUT2D eigenvalue weighted by Gasteiger charge is 2.16. The minimum Gasteiger partial charge on any atom is -0.491 e. The summed E-state index contributed by atoms with van der Waals surface area (Å²) in [6.45, 7) is 4.52. The van der Waals surface area contributed by atoms with Crippen molar-refractivity contribution in [2.24, 2.45) is 0 Å². The highest BCUT2D eigenvalue weighted by atomic mass is 16.5. The van der Waals surface area contributed by atoms with Gasteiger partial charge < -0.3 is 20.1 Å². The largest absolute Gasteiger partial charge is 0.491 e. The van der Waals surface area contributed by atoms with Gasteiger partial charge in [-0.1, -0.05) is 6.92 Å². The van der Waals surface area contributed by atoms with Crippen LogP contribution in [0.5, 0.6) is 5.75 Å². The van der Waals surface area contributed by atoms with Gasteiger partial charge in [-0.05, 0) is 18.2 Å². The molecule has 1 heterocycles. The van der Waals surface area contributed by atoms with Gasteiger partial charge in [-0.3, -0.25) is 9.59 Å². The summed E-state index contributed by atoms with van der Waals surface area (Å²) in [5.41, 5.74) is 6.88. The summed E-state index contributed by atoms with van der Waals surface area (Å²) >= 11 is 0. The SMILES string of the molecule is CCC(=O)c1ccc(OCCC(=O)N2CCOCC2)c(N)c1. The van der Waals surface area contributed by atoms with E-state index in [2.05, 4.69) is 0 Å². The van der Waals surface area contributed by atoms with Crippen LogP contribution in [0.2, 0.25) is 0 Å². The number of hydrogen-bond acceptors (Lipinski definition) is 5. The molecule has 0 aliphatic carbocycles. The minimum atomic E-state index is 0.0424. The number of carbonyl (C=O) groups is 2. The summed E-state index contributed by atoms with van der Waals surface area (Å²) in [6, 6.07) is 4.99. The van der Waals surface area contributed by atoms with Crippen LogP contribution in [0, 0.1) is 0 Å². The summed E-state index contributed by atoms with van der Waals surface area (Å²) in [7, 11) is 0. The first kappa shape index (κ1) is 16.3. The molecule has 0 aromatic heterocycles. The first-order valence-electron chi connectivity index (χ1n) is 7.53. The number of nitrogens with zero attached hydrogens (tertiary/aromatic N) is 1. The van der Waals surface area contributed by atoms with Gasteiger partial charge in [0.25, 0.3) is 0 Å². The smallest absolute Gasteiger partial charge is 0.226 e. The Bertz CT molecular complexity index is 539. The second-order valence-corrected chi connectivity index (χ2v) is 5.12. The molecule has 0 bridgehead atoms. The molecular weight excluding hydrogens is 284 g/mol. The predicted molar refractivity (Wildman–Crippen MR) is 83.0 cm³/mol. The van der Waals surface area contributed by atoms with Gasteiger partial charge in [-0.2, -0.15) is 0 Å². The van der Waals surface area contributed by atoms with Crippen molar-refractivity contribution in [1.29, 1.82) is 0 Å². The van der Waals surface area contributed by atoms with Gasteiger partial charge in [0.15, 0.2) is 5.78 Å². The molecular formula is C16H22N2O4. The number of Topliss-reactive ketones (excluding diaryl/α,β-unsaturated/α-hetero) is 1. The van der Waals surface area contributed by atoms with Crippen LogP contribution in [0.4, 0.5) is 5.69 Å². The Morgan fingerprint density at radius 1 is 1.32 bits per heavy atom. The van der Waals surface area contributed by atoms with Gasteiger partial charge in [0.1, 0.15) is 5.75 Å². The summed E-state index contributed by atoms with van der Waals surface area (Å²) in [4.78, 5) is 25.3. The summed E-state index contributed by atoms with van der Waals surface area (Å²) < 4.78 is 10.8. The van der Waals surface area contributed by atoms with Gasteiger partial charge in [-0.25, -0.2) is 0 Å². The van der Waals surface area contributed by atoms with E-state index in [4.69, 9.17) is 15.2 Å². The van der Waals surface area contributed by atoms with Crippen LogP contribution in [-0.2, 0) is 9.53 Å². The Labute approximate surface area is 130 Å². The van der Waals surface area contributed by atoms with Crippen molar-refractivity contribution in [3.63, 3.8) is 0 Å². The van der Waals surface area contributed by atoms with Gasteiger partial charge in [-0.15, -0.1) is 0 Å². The third kappa shape index (κ3) is 4.21. The Kier molecular flexibility index (Phi) is 5.77. The molecule has 1 saturated heterocycles. The third-order valence-corrected chi connectivity index (χ3v) is 3.59. The average molecular weight is 306 g/mol. The Morgan fingerprint density at radius 3 is 2.68 bits per heavy atom. The first-order chi connectivity index (χ1) is 10.6. The van der Waals surface area contributed by atoms with Crippen molar-refractivity contribution < 1.29 is 19.1 Å². The minimum absolute atomic E-state index is 0.0424.